The molecule has 2 aromatic heterocycles. The van der Waals surface area contributed by atoms with Crippen molar-refractivity contribution < 1.29 is 13.9 Å². The topological polar surface area (TPSA) is 47.4 Å². The molecule has 1 aromatic carbocycles. The molecule has 174 valence electrons. The number of hydrogen-bond acceptors (Lipinski definition) is 4. The van der Waals surface area contributed by atoms with Crippen molar-refractivity contribution in [3.8, 4) is 16.9 Å². The Labute approximate surface area is 200 Å². The Morgan fingerprint density at radius 1 is 1.39 bits per heavy atom. The molecule has 3 heterocycles. The summed E-state index contributed by atoms with van der Waals surface area (Å²) in [5.41, 5.74) is 4.19. The highest BCUT2D eigenvalue weighted by Crippen LogP contribution is 2.45. The van der Waals surface area contributed by atoms with Crippen molar-refractivity contribution in [3.63, 3.8) is 0 Å². The molecule has 0 bridgehead atoms. The number of benzene rings is 1. The van der Waals surface area contributed by atoms with Gasteiger partial charge in [-0.3, -0.25) is 9.48 Å². The normalized spacial score (nSPS) is 17.4. The number of hydrogen-bond donors (Lipinski definition) is 0. The molecule has 8 heteroatoms. The van der Waals surface area contributed by atoms with E-state index in [2.05, 4.69) is 33.9 Å². The number of thiophene rings is 1. The van der Waals surface area contributed by atoms with E-state index in [0.717, 1.165) is 16.7 Å². The first-order valence-electron chi connectivity index (χ1n) is 10.9. The zero-order valence-electron chi connectivity index (χ0n) is 19.4. The Balaban J connectivity index is 1.94. The maximum Gasteiger partial charge on any atom is 0.246 e. The van der Waals surface area contributed by atoms with Gasteiger partial charge in [-0.25, -0.2) is 4.39 Å². The van der Waals surface area contributed by atoms with Crippen molar-refractivity contribution in [2.75, 3.05) is 13.7 Å². The fraction of sp³-hybridized carbons (Fsp3) is 0.360. The third-order valence-corrected chi connectivity index (χ3v) is 7.36. The number of rotatable bonds is 6. The lowest BCUT2D eigenvalue weighted by atomic mass is 9.83. The molecule has 3 unspecified atom stereocenters. The van der Waals surface area contributed by atoms with Crippen LogP contribution < -0.4 is 4.74 Å². The number of methoxy groups -OCH3 is 1. The van der Waals surface area contributed by atoms with Gasteiger partial charge in [0.25, 0.3) is 0 Å². The maximum atomic E-state index is 15.2. The Bertz CT molecular complexity index is 1210. The highest BCUT2D eigenvalue weighted by atomic mass is 32.1. The number of fused-ring (bicyclic) bond motifs is 1. The van der Waals surface area contributed by atoms with Crippen LogP contribution in [0.15, 0.2) is 43.1 Å². The van der Waals surface area contributed by atoms with E-state index in [9.17, 15) is 4.79 Å². The number of nitrogens with zero attached hydrogens (tertiary/aromatic N) is 3. The number of aromatic nitrogens is 2. The summed E-state index contributed by atoms with van der Waals surface area (Å²) in [6.07, 6.45) is 3.26. The molecule has 4 rings (SSSR count). The predicted molar refractivity (Wildman–Crippen MR) is 135 cm³/mol. The number of carbonyl (C=O) groups is 1. The first-order valence-corrected chi connectivity index (χ1v) is 12.3. The van der Waals surface area contributed by atoms with E-state index < -0.39 is 5.41 Å². The summed E-state index contributed by atoms with van der Waals surface area (Å²) in [6.45, 7) is 11.0. The smallest absolute Gasteiger partial charge is 0.246 e. The monoisotopic (exact) mass is 485 g/mol. The van der Waals surface area contributed by atoms with Crippen molar-refractivity contribution in [2.45, 2.75) is 45.2 Å². The van der Waals surface area contributed by atoms with Gasteiger partial charge in [0, 0.05) is 40.5 Å². The van der Waals surface area contributed by atoms with Gasteiger partial charge in [0.2, 0.25) is 5.91 Å². The van der Waals surface area contributed by atoms with Crippen molar-refractivity contribution >= 4 is 26.5 Å². The largest absolute Gasteiger partial charge is 0.497 e. The van der Waals surface area contributed by atoms with Gasteiger partial charge >= 0.3 is 0 Å². The zero-order valence-corrected chi connectivity index (χ0v) is 21.4. The number of amides is 1. The van der Waals surface area contributed by atoms with Gasteiger partial charge in [0.05, 0.1) is 13.7 Å². The summed E-state index contributed by atoms with van der Waals surface area (Å²) >= 11 is 1.71. The fourth-order valence-electron chi connectivity index (χ4n) is 4.46. The summed E-state index contributed by atoms with van der Waals surface area (Å²) in [7, 11) is 3.88. The van der Waals surface area contributed by atoms with Gasteiger partial charge < -0.3 is 9.64 Å². The van der Waals surface area contributed by atoms with Gasteiger partial charge in [-0.15, -0.1) is 11.3 Å². The molecule has 0 saturated carbocycles. The summed E-state index contributed by atoms with van der Waals surface area (Å²) in [6, 6.07) is 8.10. The Morgan fingerprint density at radius 2 is 2.15 bits per heavy atom. The second-order valence-electron chi connectivity index (χ2n) is 8.49. The van der Waals surface area contributed by atoms with E-state index in [0.29, 0.717) is 31.1 Å². The third kappa shape index (κ3) is 4.49. The standard InChI is InChI=1S/C25H29FN3O2PS/c1-6-23(30)28-12-20(19-10-15(3)33-22(19)14-28)17-9-8-16(31-5)11-18(17)21-13-29(7-2)27-24(21)25(4,26)32/h6,8-11,13,20H,1,7,12,14,32H2,2-5H3. The summed E-state index contributed by atoms with van der Waals surface area (Å²) < 4.78 is 22.5. The van der Waals surface area contributed by atoms with Gasteiger partial charge in [0.1, 0.15) is 11.4 Å². The first-order chi connectivity index (χ1) is 15.7. The van der Waals surface area contributed by atoms with Crippen LogP contribution in [0, 0.1) is 6.92 Å². The molecule has 5 nitrogen and oxygen atoms in total. The maximum absolute atomic E-state index is 15.2. The van der Waals surface area contributed by atoms with Crippen LogP contribution in [0.1, 0.15) is 46.3 Å². The van der Waals surface area contributed by atoms with Gasteiger partial charge in [-0.2, -0.15) is 5.10 Å². The van der Waals surface area contributed by atoms with Crippen molar-refractivity contribution in [1.82, 2.24) is 14.7 Å². The summed E-state index contributed by atoms with van der Waals surface area (Å²) in [5, 5.41) is 2.83. The van der Waals surface area contributed by atoms with Crippen LogP contribution in [0.4, 0.5) is 4.39 Å². The second-order valence-corrected chi connectivity index (χ2v) is 10.9. The lowest BCUT2D eigenvalue weighted by molar-refractivity contribution is -0.127. The van der Waals surface area contributed by atoms with Crippen LogP contribution in [0.25, 0.3) is 11.1 Å². The highest BCUT2D eigenvalue weighted by molar-refractivity contribution is 7.18. The average Bonchev–Trinajstić information content (AvgIpc) is 3.40. The Morgan fingerprint density at radius 3 is 2.79 bits per heavy atom. The molecule has 1 aliphatic heterocycles. The lowest BCUT2D eigenvalue weighted by Gasteiger charge is -2.33. The van der Waals surface area contributed by atoms with E-state index in [1.54, 1.807) is 23.1 Å². The number of aryl methyl sites for hydroxylation is 2. The van der Waals surface area contributed by atoms with Gasteiger partial charge in [0.15, 0.2) is 5.41 Å². The first kappa shape index (κ1) is 23.7. The molecule has 1 aliphatic rings. The molecule has 0 aliphatic carbocycles. The van der Waals surface area contributed by atoms with Crippen LogP contribution in [0.3, 0.4) is 0 Å². The molecule has 3 aromatic rings. The van der Waals surface area contributed by atoms with Crippen LogP contribution in [-0.4, -0.2) is 34.2 Å². The van der Waals surface area contributed by atoms with E-state index in [4.69, 9.17) is 4.74 Å². The minimum atomic E-state index is -1.70. The number of ether oxygens (including phenoxy) is 1. The van der Waals surface area contributed by atoms with Crippen LogP contribution >= 0.6 is 20.6 Å². The lowest BCUT2D eigenvalue weighted by Crippen LogP contribution is -2.37. The van der Waals surface area contributed by atoms with Crippen LogP contribution in [-0.2, 0) is 23.3 Å². The van der Waals surface area contributed by atoms with Crippen molar-refractivity contribution in [3.05, 3.63) is 69.7 Å². The van der Waals surface area contributed by atoms with Gasteiger partial charge in [-0.1, -0.05) is 21.9 Å². The molecular formula is C25H29FN3O2PS. The molecule has 33 heavy (non-hydrogen) atoms. The van der Waals surface area contributed by atoms with E-state index in [-0.39, 0.29) is 11.8 Å². The second kappa shape index (κ2) is 9.03. The number of alkyl halides is 1. The molecule has 1 amide bonds. The highest BCUT2D eigenvalue weighted by Gasteiger charge is 2.34. The van der Waals surface area contributed by atoms with E-state index in [1.807, 2.05) is 36.2 Å². The fourth-order valence-corrected chi connectivity index (χ4v) is 5.79. The quantitative estimate of drug-likeness (QED) is 0.336. The van der Waals surface area contributed by atoms with E-state index in [1.165, 1.54) is 28.3 Å². The van der Waals surface area contributed by atoms with Crippen LogP contribution in [0.5, 0.6) is 5.75 Å². The SMILES string of the molecule is C=CC(=O)N1Cc2sc(C)cc2C(c2ccc(OC)cc2-c2cn(CC)nc2C(C)(F)P)C1. The minimum absolute atomic E-state index is 0.0586. The minimum Gasteiger partial charge on any atom is -0.497 e. The molecule has 0 N–H and O–H groups in total. The molecule has 0 radical (unpaired) electrons. The summed E-state index contributed by atoms with van der Waals surface area (Å²) in [4.78, 5) is 16.8. The van der Waals surface area contributed by atoms with Crippen LogP contribution in [0.2, 0.25) is 0 Å². The third-order valence-electron chi connectivity index (χ3n) is 6.04. The molecule has 0 saturated heterocycles. The van der Waals surface area contributed by atoms with Crippen molar-refractivity contribution in [2.24, 2.45) is 0 Å². The van der Waals surface area contributed by atoms with Crippen molar-refractivity contribution in [1.29, 1.82) is 0 Å². The van der Waals surface area contributed by atoms with E-state index >= 15 is 4.39 Å². The van der Waals surface area contributed by atoms with Gasteiger partial charge in [-0.05, 0) is 61.7 Å². The molecule has 0 fully saturated rings. The number of halogens is 1. The Kier molecular flexibility index (Phi) is 6.47. The number of carbonyl (C=O) groups excluding carboxylic acids is 1. The zero-order chi connectivity index (χ0) is 23.9. The summed E-state index contributed by atoms with van der Waals surface area (Å²) in [5.74, 6) is 0.536. The predicted octanol–water partition coefficient (Wildman–Crippen LogP) is 5.63. The Hall–Kier alpha value is -2.50. The molecule has 0 spiro atoms. The average molecular weight is 486 g/mol. The molecule has 3 atom stereocenters. The molecular weight excluding hydrogens is 456 g/mol.